The van der Waals surface area contributed by atoms with Gasteiger partial charge in [0, 0.05) is 48.7 Å². The highest BCUT2D eigenvalue weighted by Crippen LogP contribution is 2.21. The van der Waals surface area contributed by atoms with Crippen LogP contribution in [0, 0.1) is 11.6 Å². The number of hydrogen-bond donors (Lipinski definition) is 2. The average molecular weight is 518 g/mol. The van der Waals surface area contributed by atoms with E-state index in [9.17, 15) is 23.2 Å². The molecule has 0 saturated carbocycles. The summed E-state index contributed by atoms with van der Waals surface area (Å²) in [5, 5.41) is 0.317. The molecule has 5 aromatic rings. The van der Waals surface area contributed by atoms with Crippen LogP contribution >= 0.6 is 0 Å². The van der Waals surface area contributed by atoms with Gasteiger partial charge in [-0.3, -0.25) is 14.4 Å². The Balaban J connectivity index is 1.27. The fourth-order valence-electron chi connectivity index (χ4n) is 4.54. The molecular weight excluding hydrogens is 498 g/mol. The van der Waals surface area contributed by atoms with Crippen molar-refractivity contribution in [2.75, 3.05) is 26.3 Å². The fraction of sp³-hybridized carbons (Fsp3) is 0.192. The maximum Gasteiger partial charge on any atom is 0.275 e. The first-order valence-electron chi connectivity index (χ1n) is 11.8. The third kappa shape index (κ3) is 4.14. The van der Waals surface area contributed by atoms with E-state index >= 15 is 0 Å². The predicted molar refractivity (Wildman–Crippen MR) is 132 cm³/mol. The number of pyridine rings is 2. The first-order valence-corrected chi connectivity index (χ1v) is 11.8. The minimum atomic E-state index is -0.981. The molecule has 0 spiro atoms. The second kappa shape index (κ2) is 9.30. The van der Waals surface area contributed by atoms with Gasteiger partial charge in [-0.2, -0.15) is 0 Å². The summed E-state index contributed by atoms with van der Waals surface area (Å²) in [4.78, 5) is 55.1. The lowest BCUT2D eigenvalue weighted by atomic mass is 10.0. The SMILES string of the molecule is O=C(c1ccc(F)cc1F)c1c[nH]c2c(=O)n(Cc3nc4ncc(C(=O)N5CCOCC5)cc4[nH]3)ccc12. The minimum Gasteiger partial charge on any atom is -0.378 e. The van der Waals surface area contributed by atoms with Crippen molar-refractivity contribution in [3.63, 3.8) is 0 Å². The van der Waals surface area contributed by atoms with Crippen molar-refractivity contribution in [2.24, 2.45) is 0 Å². The molecule has 12 heteroatoms. The Hall–Kier alpha value is -4.71. The van der Waals surface area contributed by atoms with Crippen molar-refractivity contribution in [1.29, 1.82) is 0 Å². The molecule has 6 rings (SSSR count). The van der Waals surface area contributed by atoms with Crippen LogP contribution in [0.1, 0.15) is 32.1 Å². The van der Waals surface area contributed by atoms with E-state index in [4.69, 9.17) is 4.74 Å². The van der Waals surface area contributed by atoms with E-state index in [-0.39, 0.29) is 29.1 Å². The largest absolute Gasteiger partial charge is 0.378 e. The predicted octanol–water partition coefficient (Wildman–Crippen LogP) is 2.63. The summed E-state index contributed by atoms with van der Waals surface area (Å²) < 4.78 is 34.1. The molecule has 0 aliphatic carbocycles. The quantitative estimate of drug-likeness (QED) is 0.345. The third-order valence-electron chi connectivity index (χ3n) is 6.49. The highest BCUT2D eigenvalue weighted by atomic mass is 19.1. The number of H-pyrrole nitrogens is 2. The number of hydrogen-bond acceptors (Lipinski definition) is 6. The molecule has 1 aromatic carbocycles. The van der Waals surface area contributed by atoms with Gasteiger partial charge in [0.1, 0.15) is 23.0 Å². The van der Waals surface area contributed by atoms with E-state index in [0.29, 0.717) is 60.3 Å². The maximum absolute atomic E-state index is 14.2. The number of fused-ring (bicyclic) bond motifs is 2. The van der Waals surface area contributed by atoms with Gasteiger partial charge in [-0.05, 0) is 24.3 Å². The number of ketones is 1. The Morgan fingerprint density at radius 3 is 2.68 bits per heavy atom. The Morgan fingerprint density at radius 1 is 1.08 bits per heavy atom. The van der Waals surface area contributed by atoms with Gasteiger partial charge < -0.3 is 24.2 Å². The number of nitrogens with one attached hydrogen (secondary N) is 2. The molecule has 1 fully saturated rings. The van der Waals surface area contributed by atoms with Crippen LogP contribution < -0.4 is 5.56 Å². The molecular formula is C26H20F2N6O4. The van der Waals surface area contributed by atoms with Gasteiger partial charge in [-0.15, -0.1) is 0 Å². The van der Waals surface area contributed by atoms with Gasteiger partial charge in [0.15, 0.2) is 11.4 Å². The Bertz CT molecular complexity index is 1780. The van der Waals surface area contributed by atoms with Crippen molar-refractivity contribution in [3.8, 4) is 0 Å². The van der Waals surface area contributed by atoms with E-state index in [2.05, 4.69) is 19.9 Å². The number of imidazole rings is 1. The number of amides is 1. The van der Waals surface area contributed by atoms with E-state index < -0.39 is 23.0 Å². The second-order valence-electron chi connectivity index (χ2n) is 8.88. The zero-order valence-electron chi connectivity index (χ0n) is 19.8. The Morgan fingerprint density at radius 2 is 1.89 bits per heavy atom. The highest BCUT2D eigenvalue weighted by Gasteiger charge is 2.21. The monoisotopic (exact) mass is 518 g/mol. The van der Waals surface area contributed by atoms with Crippen LogP contribution in [0.2, 0.25) is 0 Å². The fourth-order valence-corrected chi connectivity index (χ4v) is 4.54. The molecule has 38 heavy (non-hydrogen) atoms. The highest BCUT2D eigenvalue weighted by molar-refractivity contribution is 6.16. The molecule has 1 saturated heterocycles. The number of aromatic nitrogens is 5. The number of nitrogens with zero attached hydrogens (tertiary/aromatic N) is 4. The van der Waals surface area contributed by atoms with Crippen LogP contribution in [0.4, 0.5) is 8.78 Å². The van der Waals surface area contributed by atoms with Gasteiger partial charge in [0.25, 0.3) is 11.5 Å². The molecule has 4 aromatic heterocycles. The van der Waals surface area contributed by atoms with Gasteiger partial charge in [0.05, 0.1) is 36.4 Å². The van der Waals surface area contributed by atoms with Gasteiger partial charge >= 0.3 is 0 Å². The van der Waals surface area contributed by atoms with Crippen LogP contribution in [-0.2, 0) is 11.3 Å². The van der Waals surface area contributed by atoms with Crippen LogP contribution in [0.15, 0.2) is 53.7 Å². The lowest BCUT2D eigenvalue weighted by molar-refractivity contribution is 0.0302. The number of morpholine rings is 1. The average Bonchev–Trinajstić information content (AvgIpc) is 3.54. The summed E-state index contributed by atoms with van der Waals surface area (Å²) in [6.07, 6.45) is 4.31. The van der Waals surface area contributed by atoms with E-state index in [1.54, 1.807) is 17.0 Å². The number of benzene rings is 1. The molecule has 0 radical (unpaired) electrons. The zero-order chi connectivity index (χ0) is 26.4. The van der Waals surface area contributed by atoms with E-state index in [1.165, 1.54) is 23.2 Å². The standard InChI is InChI=1S/C26H20F2N6O4/c27-15-1-2-17(19(28)10-15)23(35)18-12-29-22-16(18)3-4-34(26(22)37)13-21-31-20-9-14(11-30-24(20)32-21)25(36)33-5-7-38-8-6-33/h1-4,9-12,29H,5-8,13H2,(H,30,31,32). The number of halogens is 2. The number of rotatable bonds is 5. The lowest BCUT2D eigenvalue weighted by Gasteiger charge is -2.26. The number of carbonyl (C=O) groups is 2. The molecule has 1 aliphatic heterocycles. The first kappa shape index (κ1) is 23.7. The lowest BCUT2D eigenvalue weighted by Crippen LogP contribution is -2.40. The second-order valence-corrected chi connectivity index (χ2v) is 8.88. The van der Waals surface area contributed by atoms with Crippen molar-refractivity contribution >= 4 is 33.8 Å². The topological polar surface area (TPSA) is 126 Å². The molecule has 5 heterocycles. The van der Waals surface area contributed by atoms with Crippen molar-refractivity contribution in [3.05, 3.63) is 93.4 Å². The van der Waals surface area contributed by atoms with Crippen LogP contribution in [0.3, 0.4) is 0 Å². The molecule has 0 bridgehead atoms. The Labute approximate surface area is 212 Å². The molecule has 192 valence electrons. The Kier molecular flexibility index (Phi) is 5.80. The summed E-state index contributed by atoms with van der Waals surface area (Å²) in [5.41, 5.74) is 0.931. The van der Waals surface area contributed by atoms with Crippen LogP contribution in [0.5, 0.6) is 0 Å². The number of aromatic amines is 2. The number of ether oxygens (including phenoxy) is 1. The minimum absolute atomic E-state index is 0.0762. The van der Waals surface area contributed by atoms with E-state index in [1.807, 2.05) is 0 Å². The summed E-state index contributed by atoms with van der Waals surface area (Å²) in [7, 11) is 0. The van der Waals surface area contributed by atoms with Crippen LogP contribution in [-0.4, -0.2) is 67.4 Å². The van der Waals surface area contributed by atoms with Gasteiger partial charge in [-0.1, -0.05) is 0 Å². The van der Waals surface area contributed by atoms with Crippen molar-refractivity contribution < 1.29 is 23.1 Å². The summed E-state index contributed by atoms with van der Waals surface area (Å²) in [6.45, 7) is 2.10. The molecule has 0 atom stereocenters. The summed E-state index contributed by atoms with van der Waals surface area (Å²) in [5.74, 6) is -2.14. The van der Waals surface area contributed by atoms with Crippen molar-refractivity contribution in [1.82, 2.24) is 29.4 Å². The maximum atomic E-state index is 14.2. The normalized spacial score (nSPS) is 13.9. The molecule has 1 amide bonds. The molecule has 2 N–H and O–H groups in total. The smallest absolute Gasteiger partial charge is 0.275 e. The summed E-state index contributed by atoms with van der Waals surface area (Å²) in [6, 6.07) is 5.96. The third-order valence-corrected chi connectivity index (χ3v) is 6.49. The molecule has 1 aliphatic rings. The van der Waals surface area contributed by atoms with Crippen LogP contribution in [0.25, 0.3) is 22.1 Å². The molecule has 10 nitrogen and oxygen atoms in total. The van der Waals surface area contributed by atoms with Crippen molar-refractivity contribution in [2.45, 2.75) is 6.54 Å². The van der Waals surface area contributed by atoms with Gasteiger partial charge in [0.2, 0.25) is 0 Å². The summed E-state index contributed by atoms with van der Waals surface area (Å²) >= 11 is 0. The zero-order valence-corrected chi connectivity index (χ0v) is 19.8. The molecule has 0 unspecified atom stereocenters. The first-order chi connectivity index (χ1) is 18.4. The van der Waals surface area contributed by atoms with E-state index in [0.717, 1.165) is 12.1 Å². The number of carbonyl (C=O) groups excluding carboxylic acids is 2. The van der Waals surface area contributed by atoms with Gasteiger partial charge in [-0.25, -0.2) is 18.7 Å².